The Bertz CT molecular complexity index is 423. The highest BCUT2D eigenvalue weighted by Crippen LogP contribution is 2.35. The van der Waals surface area contributed by atoms with E-state index in [4.69, 9.17) is 9.47 Å². The van der Waals surface area contributed by atoms with E-state index >= 15 is 0 Å². The van der Waals surface area contributed by atoms with Crippen LogP contribution in [0.25, 0.3) is 0 Å². The van der Waals surface area contributed by atoms with Crippen LogP contribution in [0, 0.1) is 0 Å². The minimum atomic E-state index is 0.241. The number of ether oxygens (including phenoxy) is 2. The van der Waals surface area contributed by atoms with Crippen LogP contribution in [-0.4, -0.2) is 40.0 Å². The molecular formula is C17H30N2O2. The third-order valence-electron chi connectivity index (χ3n) is 3.80. The van der Waals surface area contributed by atoms with Crippen molar-refractivity contribution in [2.24, 2.45) is 0 Å². The lowest BCUT2D eigenvalue weighted by molar-refractivity contribution is 0.182. The van der Waals surface area contributed by atoms with Gasteiger partial charge in [0.2, 0.25) is 0 Å². The van der Waals surface area contributed by atoms with Gasteiger partial charge in [0.15, 0.2) is 0 Å². The molecule has 0 fully saturated rings. The van der Waals surface area contributed by atoms with E-state index in [1.54, 1.807) is 14.2 Å². The Morgan fingerprint density at radius 2 is 1.90 bits per heavy atom. The van der Waals surface area contributed by atoms with Gasteiger partial charge in [-0.2, -0.15) is 0 Å². The van der Waals surface area contributed by atoms with Crippen LogP contribution in [0.3, 0.4) is 0 Å². The molecule has 2 atom stereocenters. The van der Waals surface area contributed by atoms with E-state index in [1.165, 1.54) is 11.3 Å². The number of nitrogens with one attached hydrogen (secondary N) is 1. The molecular weight excluding hydrogens is 264 g/mol. The monoisotopic (exact) mass is 294 g/mol. The van der Waals surface area contributed by atoms with Gasteiger partial charge in [0.25, 0.3) is 0 Å². The Kier molecular flexibility index (Phi) is 7.54. The van der Waals surface area contributed by atoms with Crippen molar-refractivity contribution in [2.45, 2.75) is 39.8 Å². The maximum Gasteiger partial charge on any atom is 0.125 e. The molecule has 0 radical (unpaired) electrons. The van der Waals surface area contributed by atoms with Crippen molar-refractivity contribution in [2.75, 3.05) is 38.8 Å². The van der Waals surface area contributed by atoms with Gasteiger partial charge in [0.05, 0.1) is 13.7 Å². The number of nitrogens with zero attached hydrogens (tertiary/aromatic N) is 1. The molecule has 1 N–H and O–H groups in total. The van der Waals surface area contributed by atoms with Gasteiger partial charge in [-0.3, -0.25) is 0 Å². The second-order valence-electron chi connectivity index (χ2n) is 5.26. The summed E-state index contributed by atoms with van der Waals surface area (Å²) in [6.45, 7) is 11.2. The van der Waals surface area contributed by atoms with Gasteiger partial charge in [-0.15, -0.1) is 0 Å². The summed E-state index contributed by atoms with van der Waals surface area (Å²) in [5.74, 6) is 0.934. The molecule has 0 aliphatic carbocycles. The fraction of sp³-hybridized carbons (Fsp3) is 0.647. The highest BCUT2D eigenvalue weighted by atomic mass is 16.5. The zero-order chi connectivity index (χ0) is 15.8. The summed E-state index contributed by atoms with van der Waals surface area (Å²) in [4.78, 5) is 2.37. The van der Waals surface area contributed by atoms with Crippen LogP contribution in [0.5, 0.6) is 5.75 Å². The summed E-state index contributed by atoms with van der Waals surface area (Å²) in [6, 6.07) is 6.81. The molecule has 4 nitrogen and oxygen atoms in total. The van der Waals surface area contributed by atoms with Crippen molar-refractivity contribution in [3.63, 3.8) is 0 Å². The lowest BCUT2D eigenvalue weighted by Gasteiger charge is -2.33. The van der Waals surface area contributed by atoms with E-state index in [0.29, 0.717) is 12.6 Å². The fourth-order valence-electron chi connectivity index (χ4n) is 2.85. The second kappa shape index (κ2) is 8.90. The summed E-state index contributed by atoms with van der Waals surface area (Å²) < 4.78 is 10.9. The predicted molar refractivity (Wildman–Crippen MR) is 89.4 cm³/mol. The Balaban J connectivity index is 3.25. The molecule has 2 unspecified atom stereocenters. The number of rotatable bonds is 9. The lowest BCUT2D eigenvalue weighted by atomic mass is 10.0. The lowest BCUT2D eigenvalue weighted by Crippen LogP contribution is -2.37. The van der Waals surface area contributed by atoms with Crippen molar-refractivity contribution in [1.82, 2.24) is 5.32 Å². The first-order chi connectivity index (χ1) is 10.1. The van der Waals surface area contributed by atoms with Crippen LogP contribution in [0.15, 0.2) is 18.2 Å². The number of hydrogen-bond donors (Lipinski definition) is 1. The maximum atomic E-state index is 5.59. The van der Waals surface area contributed by atoms with E-state index < -0.39 is 0 Å². The summed E-state index contributed by atoms with van der Waals surface area (Å²) in [7, 11) is 3.48. The van der Waals surface area contributed by atoms with Crippen LogP contribution in [0.2, 0.25) is 0 Å². The minimum absolute atomic E-state index is 0.241. The topological polar surface area (TPSA) is 33.7 Å². The maximum absolute atomic E-state index is 5.59. The van der Waals surface area contributed by atoms with Crippen molar-refractivity contribution >= 4 is 5.69 Å². The molecule has 1 aromatic carbocycles. The van der Waals surface area contributed by atoms with E-state index in [9.17, 15) is 0 Å². The number of methoxy groups -OCH3 is 2. The Hall–Kier alpha value is -1.26. The summed E-state index contributed by atoms with van der Waals surface area (Å²) in [5, 5.41) is 3.49. The highest BCUT2D eigenvalue weighted by molar-refractivity contribution is 5.61. The summed E-state index contributed by atoms with van der Waals surface area (Å²) in [5.41, 5.74) is 2.43. The SMILES string of the molecule is CCNC(C)c1c(OC)cccc1N(CC)C(C)COC. The van der Waals surface area contributed by atoms with E-state index in [2.05, 4.69) is 50.0 Å². The third-order valence-corrected chi connectivity index (χ3v) is 3.80. The van der Waals surface area contributed by atoms with Crippen LogP contribution >= 0.6 is 0 Å². The molecule has 0 aromatic heterocycles. The number of likely N-dealkylation sites (N-methyl/N-ethyl adjacent to an activating group) is 1. The first kappa shape index (κ1) is 17.8. The van der Waals surface area contributed by atoms with Crippen LogP contribution in [0.1, 0.15) is 39.3 Å². The molecule has 0 saturated heterocycles. The van der Waals surface area contributed by atoms with Crippen molar-refractivity contribution in [3.05, 3.63) is 23.8 Å². The Morgan fingerprint density at radius 1 is 1.19 bits per heavy atom. The highest BCUT2D eigenvalue weighted by Gasteiger charge is 2.21. The van der Waals surface area contributed by atoms with Crippen molar-refractivity contribution < 1.29 is 9.47 Å². The first-order valence-corrected chi connectivity index (χ1v) is 7.76. The van der Waals surface area contributed by atoms with Gasteiger partial charge in [-0.1, -0.05) is 13.0 Å². The standard InChI is InChI=1S/C17H30N2O2/c1-7-18-14(4)17-15(10-9-11-16(17)21-6)19(8-2)13(3)12-20-5/h9-11,13-14,18H,7-8,12H2,1-6H3. The molecule has 120 valence electrons. The van der Waals surface area contributed by atoms with Gasteiger partial charge >= 0.3 is 0 Å². The van der Waals surface area contributed by atoms with Gasteiger partial charge in [-0.25, -0.2) is 0 Å². The zero-order valence-corrected chi connectivity index (χ0v) is 14.3. The molecule has 0 aliphatic rings. The van der Waals surface area contributed by atoms with Crippen LogP contribution < -0.4 is 15.0 Å². The van der Waals surface area contributed by atoms with Crippen LogP contribution in [-0.2, 0) is 4.74 Å². The zero-order valence-electron chi connectivity index (χ0n) is 14.3. The molecule has 0 bridgehead atoms. The smallest absolute Gasteiger partial charge is 0.125 e. The molecule has 1 aromatic rings. The molecule has 0 spiro atoms. The average molecular weight is 294 g/mol. The quantitative estimate of drug-likeness (QED) is 0.758. The van der Waals surface area contributed by atoms with Crippen molar-refractivity contribution in [3.8, 4) is 5.75 Å². The summed E-state index contributed by atoms with van der Waals surface area (Å²) >= 11 is 0. The van der Waals surface area contributed by atoms with Gasteiger partial charge < -0.3 is 19.7 Å². The normalized spacial score (nSPS) is 13.8. The number of anilines is 1. The third kappa shape index (κ3) is 4.35. The molecule has 0 aliphatic heterocycles. The van der Waals surface area contributed by atoms with Gasteiger partial charge in [0.1, 0.15) is 5.75 Å². The minimum Gasteiger partial charge on any atom is -0.496 e. The van der Waals surface area contributed by atoms with Crippen LogP contribution in [0.4, 0.5) is 5.69 Å². The first-order valence-electron chi connectivity index (χ1n) is 7.76. The fourth-order valence-corrected chi connectivity index (χ4v) is 2.85. The average Bonchev–Trinajstić information content (AvgIpc) is 2.48. The van der Waals surface area contributed by atoms with Gasteiger partial charge in [-0.05, 0) is 39.4 Å². The molecule has 0 saturated carbocycles. The Labute approximate surface area is 129 Å². The Morgan fingerprint density at radius 3 is 2.43 bits per heavy atom. The van der Waals surface area contributed by atoms with E-state index in [-0.39, 0.29) is 6.04 Å². The molecule has 0 amide bonds. The largest absolute Gasteiger partial charge is 0.496 e. The van der Waals surface area contributed by atoms with Gasteiger partial charge in [0, 0.05) is 37.0 Å². The molecule has 21 heavy (non-hydrogen) atoms. The molecule has 0 heterocycles. The summed E-state index contributed by atoms with van der Waals surface area (Å²) in [6.07, 6.45) is 0. The number of hydrogen-bond acceptors (Lipinski definition) is 4. The predicted octanol–water partition coefficient (Wildman–Crippen LogP) is 3.23. The molecule has 1 rings (SSSR count). The second-order valence-corrected chi connectivity index (χ2v) is 5.26. The van der Waals surface area contributed by atoms with E-state index in [0.717, 1.165) is 18.8 Å². The van der Waals surface area contributed by atoms with Crippen molar-refractivity contribution in [1.29, 1.82) is 0 Å². The molecule has 4 heteroatoms. The van der Waals surface area contributed by atoms with E-state index in [1.807, 2.05) is 6.07 Å². The number of benzene rings is 1.